The van der Waals surface area contributed by atoms with E-state index in [0.717, 1.165) is 6.54 Å². The highest BCUT2D eigenvalue weighted by Crippen LogP contribution is 2.26. The van der Waals surface area contributed by atoms with E-state index in [9.17, 15) is 4.79 Å². The second kappa shape index (κ2) is 6.53. The lowest BCUT2D eigenvalue weighted by atomic mass is 9.90. The predicted molar refractivity (Wildman–Crippen MR) is 73.6 cm³/mol. The van der Waals surface area contributed by atoms with Crippen molar-refractivity contribution in [2.45, 2.75) is 76.9 Å². The van der Waals surface area contributed by atoms with E-state index in [4.69, 9.17) is 10.8 Å². The standard InChI is InChI=1S/C14H28N2O2/c1-4-7-12-8-5-6-9-16(12)11(2)10-14(3,15)13(17)18/h11-12H,4-10,15H2,1-3H3,(H,17,18). The fraction of sp³-hybridized carbons (Fsp3) is 0.929. The molecule has 1 saturated heterocycles. The number of likely N-dealkylation sites (tertiary alicyclic amines) is 1. The van der Waals surface area contributed by atoms with Gasteiger partial charge in [-0.3, -0.25) is 9.69 Å². The van der Waals surface area contributed by atoms with Gasteiger partial charge in [-0.25, -0.2) is 0 Å². The smallest absolute Gasteiger partial charge is 0.323 e. The summed E-state index contributed by atoms with van der Waals surface area (Å²) in [6, 6.07) is 0.858. The lowest BCUT2D eigenvalue weighted by molar-refractivity contribution is -0.143. The van der Waals surface area contributed by atoms with Gasteiger partial charge in [-0.15, -0.1) is 0 Å². The average molecular weight is 256 g/mol. The summed E-state index contributed by atoms with van der Waals surface area (Å²) < 4.78 is 0. The van der Waals surface area contributed by atoms with Crippen molar-refractivity contribution in [3.63, 3.8) is 0 Å². The summed E-state index contributed by atoms with van der Waals surface area (Å²) in [5.41, 5.74) is 4.74. The Kier molecular flexibility index (Phi) is 5.60. The van der Waals surface area contributed by atoms with Crippen LogP contribution in [0.25, 0.3) is 0 Å². The maximum Gasteiger partial charge on any atom is 0.323 e. The molecule has 0 radical (unpaired) electrons. The maximum absolute atomic E-state index is 11.1. The molecule has 1 fully saturated rings. The monoisotopic (exact) mass is 256 g/mol. The number of nitrogens with zero attached hydrogens (tertiary/aromatic N) is 1. The summed E-state index contributed by atoms with van der Waals surface area (Å²) in [6.07, 6.45) is 6.67. The number of hydrogen-bond donors (Lipinski definition) is 2. The topological polar surface area (TPSA) is 66.6 Å². The first kappa shape index (κ1) is 15.4. The van der Waals surface area contributed by atoms with Crippen LogP contribution in [0.3, 0.4) is 0 Å². The van der Waals surface area contributed by atoms with Crippen LogP contribution in [0.4, 0.5) is 0 Å². The van der Waals surface area contributed by atoms with Crippen molar-refractivity contribution in [3.8, 4) is 0 Å². The molecule has 4 nitrogen and oxygen atoms in total. The fourth-order valence-corrected chi connectivity index (χ4v) is 3.06. The van der Waals surface area contributed by atoms with Crippen LogP contribution in [0.1, 0.15) is 59.3 Å². The molecule has 0 bridgehead atoms. The van der Waals surface area contributed by atoms with Crippen LogP contribution in [0.5, 0.6) is 0 Å². The molecule has 1 rings (SSSR count). The van der Waals surface area contributed by atoms with Gasteiger partial charge in [-0.05, 0) is 46.1 Å². The number of aliphatic carboxylic acids is 1. The summed E-state index contributed by atoms with van der Waals surface area (Å²) in [5.74, 6) is -0.904. The van der Waals surface area contributed by atoms with Crippen molar-refractivity contribution in [2.24, 2.45) is 5.73 Å². The molecule has 3 N–H and O–H groups in total. The molecule has 3 unspecified atom stereocenters. The molecule has 0 aromatic rings. The van der Waals surface area contributed by atoms with E-state index >= 15 is 0 Å². The van der Waals surface area contributed by atoms with E-state index in [1.165, 1.54) is 32.1 Å². The Bertz CT molecular complexity index is 277. The number of nitrogens with two attached hydrogens (primary N) is 1. The van der Waals surface area contributed by atoms with E-state index in [0.29, 0.717) is 12.5 Å². The SMILES string of the molecule is CCCC1CCCCN1C(C)CC(C)(N)C(=O)O. The Morgan fingerprint density at radius 2 is 2.22 bits per heavy atom. The zero-order chi connectivity index (χ0) is 13.8. The Morgan fingerprint density at radius 3 is 2.78 bits per heavy atom. The quantitative estimate of drug-likeness (QED) is 0.764. The van der Waals surface area contributed by atoms with Crippen LogP contribution in [0.15, 0.2) is 0 Å². The lowest BCUT2D eigenvalue weighted by Crippen LogP contribution is -2.53. The molecule has 106 valence electrons. The minimum Gasteiger partial charge on any atom is -0.480 e. The molecule has 0 spiro atoms. The second-order valence-corrected chi connectivity index (χ2v) is 5.95. The van der Waals surface area contributed by atoms with Gasteiger partial charge in [0.05, 0.1) is 0 Å². The molecule has 18 heavy (non-hydrogen) atoms. The highest BCUT2D eigenvalue weighted by Gasteiger charge is 2.34. The van der Waals surface area contributed by atoms with Gasteiger partial charge >= 0.3 is 5.97 Å². The molecule has 0 amide bonds. The van der Waals surface area contributed by atoms with E-state index in [-0.39, 0.29) is 6.04 Å². The summed E-state index contributed by atoms with van der Waals surface area (Å²) in [5, 5.41) is 9.11. The third kappa shape index (κ3) is 3.95. The zero-order valence-electron chi connectivity index (χ0n) is 12.0. The van der Waals surface area contributed by atoms with E-state index in [2.05, 4.69) is 18.7 Å². The number of carboxylic acids is 1. The van der Waals surface area contributed by atoms with Crippen LogP contribution in [-0.4, -0.2) is 40.1 Å². The van der Waals surface area contributed by atoms with Crippen LogP contribution in [-0.2, 0) is 4.79 Å². The van der Waals surface area contributed by atoms with Crippen molar-refractivity contribution in [1.82, 2.24) is 4.90 Å². The first-order valence-corrected chi connectivity index (χ1v) is 7.16. The van der Waals surface area contributed by atoms with Crippen molar-refractivity contribution in [3.05, 3.63) is 0 Å². The van der Waals surface area contributed by atoms with E-state index in [1.54, 1.807) is 6.92 Å². The van der Waals surface area contributed by atoms with Crippen LogP contribution in [0, 0.1) is 0 Å². The fourth-order valence-electron chi connectivity index (χ4n) is 3.06. The third-order valence-corrected chi connectivity index (χ3v) is 4.07. The lowest BCUT2D eigenvalue weighted by Gasteiger charge is -2.41. The molecular formula is C14H28N2O2. The van der Waals surface area contributed by atoms with E-state index < -0.39 is 11.5 Å². The van der Waals surface area contributed by atoms with Gasteiger partial charge in [-0.1, -0.05) is 19.8 Å². The molecule has 1 heterocycles. The molecule has 1 aliphatic heterocycles. The largest absolute Gasteiger partial charge is 0.480 e. The van der Waals surface area contributed by atoms with Gasteiger partial charge < -0.3 is 10.8 Å². The van der Waals surface area contributed by atoms with Crippen molar-refractivity contribution in [2.75, 3.05) is 6.54 Å². The highest BCUT2D eigenvalue weighted by atomic mass is 16.4. The van der Waals surface area contributed by atoms with Gasteiger partial charge in [0.15, 0.2) is 0 Å². The van der Waals surface area contributed by atoms with Gasteiger partial charge in [0.25, 0.3) is 0 Å². The number of carbonyl (C=O) groups is 1. The maximum atomic E-state index is 11.1. The Labute approximate surface area is 111 Å². The number of piperidine rings is 1. The first-order valence-electron chi connectivity index (χ1n) is 7.16. The second-order valence-electron chi connectivity index (χ2n) is 5.95. The number of hydrogen-bond acceptors (Lipinski definition) is 3. The Balaban J connectivity index is 2.62. The summed E-state index contributed by atoms with van der Waals surface area (Å²) in [7, 11) is 0. The predicted octanol–water partition coefficient (Wildman–Crippen LogP) is 2.22. The number of carboxylic acid groups (broad SMARTS) is 1. The van der Waals surface area contributed by atoms with E-state index in [1.807, 2.05) is 0 Å². The van der Waals surface area contributed by atoms with Gasteiger partial charge in [0.2, 0.25) is 0 Å². The number of rotatable bonds is 6. The molecule has 0 saturated carbocycles. The molecule has 3 atom stereocenters. The Hall–Kier alpha value is -0.610. The molecule has 0 aliphatic carbocycles. The van der Waals surface area contributed by atoms with Gasteiger partial charge in [0.1, 0.15) is 5.54 Å². The summed E-state index contributed by atoms with van der Waals surface area (Å²) in [6.45, 7) is 7.02. The van der Waals surface area contributed by atoms with Crippen molar-refractivity contribution in [1.29, 1.82) is 0 Å². The summed E-state index contributed by atoms with van der Waals surface area (Å²) >= 11 is 0. The highest BCUT2D eigenvalue weighted by molar-refractivity contribution is 5.77. The Morgan fingerprint density at radius 1 is 1.56 bits per heavy atom. The van der Waals surface area contributed by atoms with Gasteiger partial charge in [-0.2, -0.15) is 0 Å². The molecule has 4 heteroatoms. The van der Waals surface area contributed by atoms with Crippen molar-refractivity contribution >= 4 is 5.97 Å². The molecular weight excluding hydrogens is 228 g/mol. The minimum absolute atomic E-state index is 0.243. The minimum atomic E-state index is -1.12. The third-order valence-electron chi connectivity index (χ3n) is 4.07. The molecule has 0 aromatic carbocycles. The van der Waals surface area contributed by atoms with Gasteiger partial charge in [0, 0.05) is 12.1 Å². The normalized spacial score (nSPS) is 26.6. The summed E-state index contributed by atoms with van der Waals surface area (Å²) in [4.78, 5) is 13.6. The zero-order valence-corrected chi connectivity index (χ0v) is 12.0. The van der Waals surface area contributed by atoms with Crippen LogP contribution < -0.4 is 5.73 Å². The first-order chi connectivity index (χ1) is 8.38. The average Bonchev–Trinajstić information content (AvgIpc) is 2.29. The van der Waals surface area contributed by atoms with Crippen molar-refractivity contribution < 1.29 is 9.90 Å². The van der Waals surface area contributed by atoms with Crippen LogP contribution >= 0.6 is 0 Å². The molecule has 0 aromatic heterocycles. The van der Waals surface area contributed by atoms with Crippen LogP contribution in [0.2, 0.25) is 0 Å². The molecule has 1 aliphatic rings.